The molecule has 0 aliphatic rings. The molecule has 1 aromatic carbocycles. The summed E-state index contributed by atoms with van der Waals surface area (Å²) >= 11 is 19.4. The molecule has 0 radical (unpaired) electrons. The molecule has 24 heavy (non-hydrogen) atoms. The highest BCUT2D eigenvalue weighted by Gasteiger charge is 2.14. The van der Waals surface area contributed by atoms with Gasteiger partial charge < -0.3 is 14.6 Å². The number of thiocarbonyl (C=S) groups is 1. The summed E-state index contributed by atoms with van der Waals surface area (Å²) in [5, 5.41) is 6.93. The molecule has 0 bridgehead atoms. The van der Waals surface area contributed by atoms with Crippen LogP contribution in [0.3, 0.4) is 0 Å². The van der Waals surface area contributed by atoms with Crippen molar-refractivity contribution in [2.45, 2.75) is 13.1 Å². The van der Waals surface area contributed by atoms with Crippen LogP contribution in [0.1, 0.15) is 10.6 Å². The molecule has 0 atom stereocenters. The van der Waals surface area contributed by atoms with E-state index in [4.69, 9.17) is 39.8 Å². The number of benzene rings is 1. The summed E-state index contributed by atoms with van der Waals surface area (Å²) in [6, 6.07) is 13.2. The second-order valence-corrected chi connectivity index (χ2v) is 7.33. The predicted octanol–water partition coefficient (Wildman–Crippen LogP) is 6.05. The molecule has 2 aromatic heterocycles. The van der Waals surface area contributed by atoms with Gasteiger partial charge in [-0.25, -0.2) is 0 Å². The van der Waals surface area contributed by atoms with Gasteiger partial charge in [-0.2, -0.15) is 0 Å². The van der Waals surface area contributed by atoms with Gasteiger partial charge in [-0.1, -0.05) is 29.3 Å². The molecule has 7 heteroatoms. The lowest BCUT2D eigenvalue weighted by molar-refractivity contribution is 0.362. The van der Waals surface area contributed by atoms with Crippen molar-refractivity contribution >= 4 is 57.6 Å². The van der Waals surface area contributed by atoms with Gasteiger partial charge in [-0.15, -0.1) is 11.3 Å². The lowest BCUT2D eigenvalue weighted by Gasteiger charge is -2.25. The Morgan fingerprint density at radius 1 is 1.17 bits per heavy atom. The molecule has 124 valence electrons. The van der Waals surface area contributed by atoms with Crippen molar-refractivity contribution in [2.75, 3.05) is 5.32 Å². The number of thiophene rings is 1. The summed E-state index contributed by atoms with van der Waals surface area (Å²) < 4.78 is 5.45. The third kappa shape index (κ3) is 4.51. The Kier molecular flexibility index (Phi) is 5.79. The SMILES string of the molecule is S=C(Nc1ccc(Cl)cc1Cl)N(Cc1ccco1)Cc1cccs1. The number of hydrogen-bond acceptors (Lipinski definition) is 3. The average Bonchev–Trinajstić information content (AvgIpc) is 3.23. The van der Waals surface area contributed by atoms with Crippen LogP contribution in [0.25, 0.3) is 0 Å². The van der Waals surface area contributed by atoms with Crippen molar-refractivity contribution in [3.05, 3.63) is 74.8 Å². The molecule has 2 heterocycles. The van der Waals surface area contributed by atoms with Crippen LogP contribution in [-0.4, -0.2) is 10.0 Å². The quantitative estimate of drug-likeness (QED) is 0.531. The molecule has 3 aromatic rings. The maximum Gasteiger partial charge on any atom is 0.174 e. The molecule has 1 N–H and O–H groups in total. The third-order valence-electron chi connectivity index (χ3n) is 3.31. The van der Waals surface area contributed by atoms with Crippen molar-refractivity contribution < 1.29 is 4.42 Å². The van der Waals surface area contributed by atoms with Crippen LogP contribution in [0.4, 0.5) is 5.69 Å². The zero-order chi connectivity index (χ0) is 16.9. The van der Waals surface area contributed by atoms with Crippen LogP contribution in [0.5, 0.6) is 0 Å². The van der Waals surface area contributed by atoms with E-state index in [1.165, 1.54) is 4.88 Å². The first kappa shape index (κ1) is 17.3. The number of hydrogen-bond donors (Lipinski definition) is 1. The fraction of sp³-hybridized carbons (Fsp3) is 0.118. The van der Waals surface area contributed by atoms with Gasteiger partial charge in [0.05, 0.1) is 30.1 Å². The topological polar surface area (TPSA) is 28.4 Å². The highest BCUT2D eigenvalue weighted by atomic mass is 35.5. The van der Waals surface area contributed by atoms with E-state index in [0.29, 0.717) is 28.2 Å². The summed E-state index contributed by atoms with van der Waals surface area (Å²) in [6.45, 7) is 1.26. The first-order chi connectivity index (χ1) is 11.6. The van der Waals surface area contributed by atoms with E-state index < -0.39 is 0 Å². The Labute approximate surface area is 159 Å². The van der Waals surface area contributed by atoms with E-state index in [1.807, 2.05) is 34.5 Å². The Hall–Kier alpha value is -1.53. The molecule has 3 nitrogen and oxygen atoms in total. The zero-order valence-corrected chi connectivity index (χ0v) is 15.7. The smallest absolute Gasteiger partial charge is 0.174 e. The highest BCUT2D eigenvalue weighted by Crippen LogP contribution is 2.26. The van der Waals surface area contributed by atoms with Crippen molar-refractivity contribution in [2.24, 2.45) is 0 Å². The summed E-state index contributed by atoms with van der Waals surface area (Å²) in [6.07, 6.45) is 1.66. The second kappa shape index (κ2) is 8.03. The van der Waals surface area contributed by atoms with E-state index in [0.717, 1.165) is 11.4 Å². The molecule has 0 saturated heterocycles. The normalized spacial score (nSPS) is 10.6. The molecule has 0 spiro atoms. The first-order valence-electron chi connectivity index (χ1n) is 7.17. The van der Waals surface area contributed by atoms with Gasteiger partial charge in [-0.3, -0.25) is 0 Å². The molecule has 0 saturated carbocycles. The lowest BCUT2D eigenvalue weighted by atomic mass is 10.3. The second-order valence-electron chi connectivity index (χ2n) is 5.07. The lowest BCUT2D eigenvalue weighted by Crippen LogP contribution is -2.33. The van der Waals surface area contributed by atoms with Crippen LogP contribution in [0.2, 0.25) is 10.0 Å². The number of rotatable bonds is 5. The van der Waals surface area contributed by atoms with Crippen LogP contribution in [0, 0.1) is 0 Å². The summed E-state index contributed by atoms with van der Waals surface area (Å²) in [5.74, 6) is 0.845. The van der Waals surface area contributed by atoms with Crippen LogP contribution >= 0.6 is 46.8 Å². The van der Waals surface area contributed by atoms with Gasteiger partial charge in [0.15, 0.2) is 5.11 Å². The maximum atomic E-state index is 6.22. The van der Waals surface area contributed by atoms with E-state index in [2.05, 4.69) is 11.4 Å². The highest BCUT2D eigenvalue weighted by molar-refractivity contribution is 7.80. The zero-order valence-electron chi connectivity index (χ0n) is 12.5. The van der Waals surface area contributed by atoms with Crippen LogP contribution in [-0.2, 0) is 13.1 Å². The van der Waals surface area contributed by atoms with E-state index in [-0.39, 0.29) is 0 Å². The van der Waals surface area contributed by atoms with Crippen LogP contribution in [0.15, 0.2) is 58.5 Å². The molecule has 0 fully saturated rings. The Morgan fingerprint density at radius 2 is 2.04 bits per heavy atom. The van der Waals surface area contributed by atoms with Crippen LogP contribution < -0.4 is 5.32 Å². The van der Waals surface area contributed by atoms with Gasteiger partial charge in [0.25, 0.3) is 0 Å². The summed E-state index contributed by atoms with van der Waals surface area (Å²) in [4.78, 5) is 3.25. The Balaban J connectivity index is 1.76. The van der Waals surface area contributed by atoms with Crippen molar-refractivity contribution in [1.29, 1.82) is 0 Å². The fourth-order valence-electron chi connectivity index (χ4n) is 2.17. The third-order valence-corrected chi connectivity index (χ3v) is 5.08. The number of nitrogens with one attached hydrogen (secondary N) is 1. The summed E-state index contributed by atoms with van der Waals surface area (Å²) in [5.41, 5.74) is 0.724. The van der Waals surface area contributed by atoms with E-state index >= 15 is 0 Å². The van der Waals surface area contributed by atoms with E-state index in [9.17, 15) is 0 Å². The number of halogens is 2. The molecule has 0 aliphatic heterocycles. The minimum Gasteiger partial charge on any atom is -0.467 e. The van der Waals surface area contributed by atoms with E-state index in [1.54, 1.807) is 29.7 Å². The molecular formula is C17H14Cl2N2OS2. The van der Waals surface area contributed by atoms with Gasteiger partial charge in [0.2, 0.25) is 0 Å². The van der Waals surface area contributed by atoms with Crippen molar-refractivity contribution in [1.82, 2.24) is 4.90 Å². The first-order valence-corrected chi connectivity index (χ1v) is 9.22. The Morgan fingerprint density at radius 3 is 2.71 bits per heavy atom. The number of anilines is 1. The Bertz CT molecular complexity index is 768. The standard InChI is InChI=1S/C17H14Cl2N2OS2/c18-12-5-6-16(15(19)9-12)20-17(23)21(10-13-3-1-7-22-13)11-14-4-2-8-24-14/h1-9H,10-11H2,(H,20,23). The minimum atomic E-state index is 0.527. The molecule has 0 unspecified atom stereocenters. The molecule has 3 rings (SSSR count). The largest absolute Gasteiger partial charge is 0.467 e. The van der Waals surface area contributed by atoms with Crippen molar-refractivity contribution in [3.63, 3.8) is 0 Å². The molecular weight excluding hydrogens is 383 g/mol. The maximum absolute atomic E-state index is 6.22. The van der Waals surface area contributed by atoms with Gasteiger partial charge >= 0.3 is 0 Å². The monoisotopic (exact) mass is 396 g/mol. The van der Waals surface area contributed by atoms with Crippen molar-refractivity contribution in [3.8, 4) is 0 Å². The number of furan rings is 1. The number of nitrogens with zero attached hydrogens (tertiary/aromatic N) is 1. The predicted molar refractivity (Wildman–Crippen MR) is 105 cm³/mol. The summed E-state index contributed by atoms with van der Waals surface area (Å²) in [7, 11) is 0. The minimum absolute atomic E-state index is 0.527. The average molecular weight is 397 g/mol. The molecule has 0 aliphatic carbocycles. The van der Waals surface area contributed by atoms with Gasteiger partial charge in [-0.05, 0) is 54.0 Å². The van der Waals surface area contributed by atoms with Gasteiger partial charge in [0.1, 0.15) is 5.76 Å². The fourth-order valence-corrected chi connectivity index (χ4v) is 3.58. The molecule has 0 amide bonds. The van der Waals surface area contributed by atoms with Gasteiger partial charge in [0, 0.05) is 9.90 Å².